The molecule has 0 saturated carbocycles. The van der Waals surface area contributed by atoms with Gasteiger partial charge in [0.2, 0.25) is 5.91 Å². The van der Waals surface area contributed by atoms with E-state index in [0.29, 0.717) is 23.3 Å². The minimum absolute atomic E-state index is 0.162. The van der Waals surface area contributed by atoms with Crippen LogP contribution in [0.4, 0.5) is 4.79 Å². The summed E-state index contributed by atoms with van der Waals surface area (Å²) in [5.41, 5.74) is 1.75. The topological polar surface area (TPSA) is 92.8 Å². The van der Waals surface area contributed by atoms with Crippen LogP contribution in [0.2, 0.25) is 0 Å². The highest BCUT2D eigenvalue weighted by atomic mass is 32.2. The van der Waals surface area contributed by atoms with Gasteiger partial charge in [-0.1, -0.05) is 36.0 Å². The average Bonchev–Trinajstić information content (AvgIpc) is 3.14. The maximum Gasteiger partial charge on any atom is 0.286 e. The van der Waals surface area contributed by atoms with E-state index >= 15 is 0 Å². The molecule has 142 valence electrons. The molecule has 2 aromatic rings. The van der Waals surface area contributed by atoms with Crippen molar-refractivity contribution >= 4 is 34.7 Å². The zero-order chi connectivity index (χ0) is 19.7. The highest BCUT2D eigenvalue weighted by molar-refractivity contribution is 8.15. The second-order valence-electron chi connectivity index (χ2n) is 6.39. The SMILES string of the molecule is O=C1NC(=O)C(Cc2ccc(OCCN3C(=O)c4ccccc4C3=O)cc2)S1. The Labute approximate surface area is 165 Å². The molecular formula is C20H16N2O5S. The zero-order valence-corrected chi connectivity index (χ0v) is 15.5. The first-order valence-electron chi connectivity index (χ1n) is 8.71. The molecule has 8 heteroatoms. The number of fused-ring (bicyclic) bond motifs is 1. The number of carbonyl (C=O) groups excluding carboxylic acids is 4. The number of imide groups is 2. The number of carbonyl (C=O) groups is 4. The fraction of sp³-hybridized carbons (Fsp3) is 0.200. The quantitative estimate of drug-likeness (QED) is 0.753. The number of benzene rings is 2. The second-order valence-corrected chi connectivity index (χ2v) is 7.56. The zero-order valence-electron chi connectivity index (χ0n) is 14.7. The normalized spacial score (nSPS) is 18.4. The Bertz CT molecular complexity index is 938. The molecule has 1 atom stereocenters. The van der Waals surface area contributed by atoms with Crippen LogP contribution in [-0.4, -0.2) is 46.3 Å². The molecule has 4 rings (SSSR count). The van der Waals surface area contributed by atoms with Gasteiger partial charge in [-0.2, -0.15) is 0 Å². The number of rotatable bonds is 6. The van der Waals surface area contributed by atoms with Gasteiger partial charge in [0.1, 0.15) is 12.4 Å². The van der Waals surface area contributed by atoms with E-state index in [4.69, 9.17) is 4.74 Å². The Morgan fingerprint density at radius 3 is 2.14 bits per heavy atom. The molecule has 0 aliphatic carbocycles. The smallest absolute Gasteiger partial charge is 0.286 e. The lowest BCUT2D eigenvalue weighted by Gasteiger charge is -2.14. The molecule has 2 aliphatic rings. The van der Waals surface area contributed by atoms with Gasteiger partial charge in [0, 0.05) is 0 Å². The second kappa shape index (κ2) is 7.47. The summed E-state index contributed by atoms with van der Waals surface area (Å²) in [6.07, 6.45) is 0.456. The summed E-state index contributed by atoms with van der Waals surface area (Å²) in [7, 11) is 0. The largest absolute Gasteiger partial charge is 0.492 e. The predicted molar refractivity (Wildman–Crippen MR) is 102 cm³/mol. The van der Waals surface area contributed by atoms with Crippen molar-refractivity contribution in [3.05, 3.63) is 65.2 Å². The number of nitrogens with zero attached hydrogens (tertiary/aromatic N) is 1. The van der Waals surface area contributed by atoms with E-state index in [0.717, 1.165) is 17.3 Å². The Hall–Kier alpha value is -3.13. The number of thioether (sulfide) groups is 1. The van der Waals surface area contributed by atoms with Crippen molar-refractivity contribution in [3.8, 4) is 5.75 Å². The van der Waals surface area contributed by atoms with Crippen molar-refractivity contribution in [3.63, 3.8) is 0 Å². The summed E-state index contributed by atoms with van der Waals surface area (Å²) < 4.78 is 5.64. The van der Waals surface area contributed by atoms with Crippen LogP contribution in [0, 0.1) is 0 Å². The summed E-state index contributed by atoms with van der Waals surface area (Å²) in [5, 5.41) is 1.54. The van der Waals surface area contributed by atoms with E-state index < -0.39 is 5.25 Å². The highest BCUT2D eigenvalue weighted by Crippen LogP contribution is 2.24. The average molecular weight is 396 g/mol. The van der Waals surface area contributed by atoms with Crippen LogP contribution in [0.3, 0.4) is 0 Å². The van der Waals surface area contributed by atoms with Crippen molar-refractivity contribution in [1.29, 1.82) is 0 Å². The number of amides is 4. The Morgan fingerprint density at radius 1 is 0.929 bits per heavy atom. The van der Waals surface area contributed by atoms with E-state index in [1.807, 2.05) is 12.1 Å². The van der Waals surface area contributed by atoms with Crippen LogP contribution in [0.5, 0.6) is 5.75 Å². The van der Waals surface area contributed by atoms with Gasteiger partial charge in [0.05, 0.1) is 22.9 Å². The van der Waals surface area contributed by atoms with E-state index in [-0.39, 0.29) is 36.1 Å². The minimum Gasteiger partial charge on any atom is -0.492 e. The number of hydrogen-bond donors (Lipinski definition) is 1. The maximum absolute atomic E-state index is 12.3. The lowest BCUT2D eigenvalue weighted by atomic mass is 10.1. The first kappa shape index (κ1) is 18.2. The van der Waals surface area contributed by atoms with E-state index in [9.17, 15) is 19.2 Å². The molecule has 2 heterocycles. The number of ether oxygens (including phenoxy) is 1. The molecule has 2 aromatic carbocycles. The van der Waals surface area contributed by atoms with Crippen molar-refractivity contribution in [2.75, 3.05) is 13.2 Å². The molecule has 0 radical (unpaired) electrons. The lowest BCUT2D eigenvalue weighted by molar-refractivity contribution is -0.118. The van der Waals surface area contributed by atoms with Gasteiger partial charge in [-0.3, -0.25) is 29.4 Å². The molecule has 1 saturated heterocycles. The van der Waals surface area contributed by atoms with Crippen LogP contribution in [0.1, 0.15) is 26.3 Å². The van der Waals surface area contributed by atoms with Gasteiger partial charge in [-0.05, 0) is 36.2 Å². The summed E-state index contributed by atoms with van der Waals surface area (Å²) in [5.74, 6) is -0.279. The van der Waals surface area contributed by atoms with E-state index in [1.165, 1.54) is 4.90 Å². The molecule has 1 unspecified atom stereocenters. The van der Waals surface area contributed by atoms with Gasteiger partial charge >= 0.3 is 0 Å². The fourth-order valence-corrected chi connectivity index (χ4v) is 4.02. The Morgan fingerprint density at radius 2 is 1.57 bits per heavy atom. The molecule has 7 nitrogen and oxygen atoms in total. The number of hydrogen-bond acceptors (Lipinski definition) is 6. The Kier molecular flexibility index (Phi) is 4.87. The van der Waals surface area contributed by atoms with Crippen molar-refractivity contribution in [1.82, 2.24) is 10.2 Å². The predicted octanol–water partition coefficient (Wildman–Crippen LogP) is 2.26. The maximum atomic E-state index is 12.3. The monoisotopic (exact) mass is 396 g/mol. The van der Waals surface area contributed by atoms with Gasteiger partial charge in [-0.25, -0.2) is 0 Å². The first-order chi connectivity index (χ1) is 13.5. The fourth-order valence-electron chi connectivity index (χ4n) is 3.16. The molecule has 0 spiro atoms. The van der Waals surface area contributed by atoms with Crippen molar-refractivity contribution in [2.24, 2.45) is 0 Å². The van der Waals surface area contributed by atoms with E-state index in [1.54, 1.807) is 36.4 Å². The molecule has 2 aliphatic heterocycles. The highest BCUT2D eigenvalue weighted by Gasteiger charge is 2.34. The van der Waals surface area contributed by atoms with Gasteiger partial charge in [0.15, 0.2) is 0 Å². The van der Waals surface area contributed by atoms with Gasteiger partial charge in [-0.15, -0.1) is 0 Å². The molecule has 1 fully saturated rings. The number of nitrogens with one attached hydrogen (secondary N) is 1. The standard InChI is InChI=1S/C20H16N2O5S/c23-17-16(28-20(26)21-17)11-12-5-7-13(8-6-12)27-10-9-22-18(24)14-3-1-2-4-15(14)19(22)25/h1-8,16H,9-11H2,(H,21,23,26). The minimum atomic E-state index is -0.409. The molecule has 0 aromatic heterocycles. The molecule has 0 bridgehead atoms. The summed E-state index contributed by atoms with van der Waals surface area (Å²) in [6.45, 7) is 0.343. The Balaban J connectivity index is 1.30. The first-order valence-corrected chi connectivity index (χ1v) is 9.59. The summed E-state index contributed by atoms with van der Waals surface area (Å²) >= 11 is 0.996. The van der Waals surface area contributed by atoms with Gasteiger partial charge in [0.25, 0.3) is 17.1 Å². The van der Waals surface area contributed by atoms with Crippen LogP contribution >= 0.6 is 11.8 Å². The summed E-state index contributed by atoms with van der Waals surface area (Å²) in [4.78, 5) is 48.6. The van der Waals surface area contributed by atoms with Crippen LogP contribution in [0.25, 0.3) is 0 Å². The molecular weight excluding hydrogens is 380 g/mol. The van der Waals surface area contributed by atoms with Crippen LogP contribution in [-0.2, 0) is 11.2 Å². The third kappa shape index (κ3) is 3.50. The van der Waals surface area contributed by atoms with Crippen LogP contribution in [0.15, 0.2) is 48.5 Å². The molecule has 28 heavy (non-hydrogen) atoms. The summed E-state index contributed by atoms with van der Waals surface area (Å²) in [6, 6.07) is 13.9. The third-order valence-electron chi connectivity index (χ3n) is 4.57. The third-order valence-corrected chi connectivity index (χ3v) is 5.55. The lowest BCUT2D eigenvalue weighted by Crippen LogP contribution is -2.33. The van der Waals surface area contributed by atoms with Crippen molar-refractivity contribution < 1.29 is 23.9 Å². The molecule has 4 amide bonds. The van der Waals surface area contributed by atoms with E-state index in [2.05, 4.69) is 5.32 Å². The van der Waals surface area contributed by atoms with Gasteiger partial charge < -0.3 is 4.74 Å². The van der Waals surface area contributed by atoms with Crippen molar-refractivity contribution in [2.45, 2.75) is 11.7 Å². The van der Waals surface area contributed by atoms with Crippen LogP contribution < -0.4 is 10.1 Å². The molecule has 1 N–H and O–H groups in total.